The van der Waals surface area contributed by atoms with E-state index in [4.69, 9.17) is 25.8 Å². The number of hydrogen-bond acceptors (Lipinski definition) is 6. The molecule has 0 saturated heterocycles. The van der Waals surface area contributed by atoms with Crippen LogP contribution in [0.3, 0.4) is 0 Å². The average Bonchev–Trinajstić information content (AvgIpc) is 2.94. The van der Waals surface area contributed by atoms with Crippen LogP contribution in [0.5, 0.6) is 17.2 Å². The fourth-order valence-electron chi connectivity index (χ4n) is 4.10. The fourth-order valence-corrected chi connectivity index (χ4v) is 4.22. The van der Waals surface area contributed by atoms with Gasteiger partial charge < -0.3 is 14.2 Å². The molecule has 0 N–H and O–H groups in total. The van der Waals surface area contributed by atoms with E-state index in [2.05, 4.69) is 0 Å². The Balaban J connectivity index is 1.63. The number of methoxy groups -OCH3 is 1. The molecule has 0 atom stereocenters. The van der Waals surface area contributed by atoms with Crippen molar-refractivity contribution in [3.63, 3.8) is 0 Å². The summed E-state index contributed by atoms with van der Waals surface area (Å²) in [5, 5.41) is 10.4. The lowest BCUT2D eigenvalue weighted by Crippen LogP contribution is -2.42. The van der Waals surface area contributed by atoms with Crippen LogP contribution in [-0.4, -0.2) is 30.4 Å². The molecule has 1 heterocycles. The zero-order valence-electron chi connectivity index (χ0n) is 21.9. The molecule has 3 aromatic rings. The highest BCUT2D eigenvalue weighted by Crippen LogP contribution is 2.33. The topological polar surface area (TPSA) is 88.9 Å². The Hall–Kier alpha value is -4.54. The minimum Gasteiger partial charge on any atom is -0.497 e. The van der Waals surface area contributed by atoms with Gasteiger partial charge in [0.2, 0.25) is 0 Å². The number of nitrogens with zero attached hydrogens (tertiary/aromatic N) is 2. The third kappa shape index (κ3) is 6.31. The molecule has 3 aromatic carbocycles. The molecular weight excluding hydrogens is 516 g/mol. The number of nitriles is 1. The van der Waals surface area contributed by atoms with Gasteiger partial charge in [-0.15, -0.1) is 0 Å². The third-order valence-electron chi connectivity index (χ3n) is 6.21. The first-order valence-corrected chi connectivity index (χ1v) is 12.7. The number of benzene rings is 3. The summed E-state index contributed by atoms with van der Waals surface area (Å²) in [7, 11) is 1.56. The second-order valence-corrected chi connectivity index (χ2v) is 9.21. The molecular formula is C31H27ClN2O5. The number of amides is 2. The molecule has 0 unspecified atom stereocenters. The Morgan fingerprint density at radius 2 is 1.62 bits per heavy atom. The first-order chi connectivity index (χ1) is 18.8. The highest BCUT2D eigenvalue weighted by molar-refractivity contribution is 6.30. The van der Waals surface area contributed by atoms with E-state index in [0.717, 1.165) is 16.0 Å². The van der Waals surface area contributed by atoms with Crippen molar-refractivity contribution >= 4 is 29.5 Å². The largest absolute Gasteiger partial charge is 0.497 e. The third-order valence-corrected chi connectivity index (χ3v) is 6.46. The van der Waals surface area contributed by atoms with E-state index in [0.29, 0.717) is 46.6 Å². The van der Waals surface area contributed by atoms with Gasteiger partial charge in [-0.3, -0.25) is 14.5 Å². The number of carbonyl (C=O) groups excluding carboxylic acids is 2. The highest BCUT2D eigenvalue weighted by Gasteiger charge is 2.35. The number of imide groups is 1. The summed E-state index contributed by atoms with van der Waals surface area (Å²) in [5.74, 6) is 0.625. The molecule has 0 bridgehead atoms. The minimum absolute atomic E-state index is 0.0269. The van der Waals surface area contributed by atoms with Gasteiger partial charge in [0.05, 0.1) is 20.3 Å². The van der Waals surface area contributed by atoms with Crippen molar-refractivity contribution in [2.75, 3.05) is 13.7 Å². The number of hydrogen-bond donors (Lipinski definition) is 0. The Morgan fingerprint density at radius 3 is 2.26 bits per heavy atom. The Kier molecular flexibility index (Phi) is 8.70. The molecule has 1 aliphatic rings. The lowest BCUT2D eigenvalue weighted by Gasteiger charge is -2.27. The summed E-state index contributed by atoms with van der Waals surface area (Å²) in [4.78, 5) is 27.6. The molecule has 0 saturated carbocycles. The summed E-state index contributed by atoms with van der Waals surface area (Å²) in [6.45, 7) is 4.24. The zero-order chi connectivity index (χ0) is 27.9. The van der Waals surface area contributed by atoms with E-state index in [9.17, 15) is 14.9 Å². The molecule has 4 rings (SSSR count). The molecule has 39 heavy (non-hydrogen) atoms. The van der Waals surface area contributed by atoms with Crippen molar-refractivity contribution in [1.29, 1.82) is 5.26 Å². The lowest BCUT2D eigenvalue weighted by atomic mass is 9.93. The number of halogens is 1. The minimum atomic E-state index is -0.617. The first-order valence-electron chi connectivity index (χ1n) is 12.3. The first kappa shape index (κ1) is 27.5. The predicted octanol–water partition coefficient (Wildman–Crippen LogP) is 6.12. The Labute approximate surface area is 232 Å². The second-order valence-electron chi connectivity index (χ2n) is 8.77. The normalized spacial score (nSPS) is 14.4. The summed E-state index contributed by atoms with van der Waals surface area (Å²) >= 11 is 5.96. The van der Waals surface area contributed by atoms with Crippen molar-refractivity contribution in [2.45, 2.75) is 27.0 Å². The van der Waals surface area contributed by atoms with Gasteiger partial charge in [-0.1, -0.05) is 41.9 Å². The van der Waals surface area contributed by atoms with Gasteiger partial charge in [0.1, 0.15) is 24.0 Å². The summed E-state index contributed by atoms with van der Waals surface area (Å²) in [5.41, 5.74) is 2.87. The molecule has 8 heteroatoms. The van der Waals surface area contributed by atoms with Crippen LogP contribution in [0, 0.1) is 11.3 Å². The van der Waals surface area contributed by atoms with Crippen LogP contribution in [0.4, 0.5) is 0 Å². The summed E-state index contributed by atoms with van der Waals surface area (Å²) in [6.07, 6.45) is 1.66. The van der Waals surface area contributed by atoms with Crippen molar-refractivity contribution in [3.8, 4) is 23.3 Å². The quantitative estimate of drug-likeness (QED) is 0.239. The number of carbonyl (C=O) groups is 2. The highest BCUT2D eigenvalue weighted by atomic mass is 35.5. The summed E-state index contributed by atoms with van der Waals surface area (Å²) < 4.78 is 17.0. The van der Waals surface area contributed by atoms with E-state index < -0.39 is 11.8 Å². The average molecular weight is 543 g/mol. The zero-order valence-corrected chi connectivity index (χ0v) is 22.6. The van der Waals surface area contributed by atoms with Crippen LogP contribution < -0.4 is 14.2 Å². The van der Waals surface area contributed by atoms with Crippen LogP contribution in [0.2, 0.25) is 5.02 Å². The predicted molar refractivity (Wildman–Crippen MR) is 148 cm³/mol. The van der Waals surface area contributed by atoms with Gasteiger partial charge in [0.25, 0.3) is 11.8 Å². The second kappa shape index (κ2) is 12.3. The van der Waals surface area contributed by atoms with Crippen LogP contribution in [0.15, 0.2) is 83.4 Å². The smallest absolute Gasteiger partial charge is 0.271 e. The molecule has 2 amide bonds. The molecule has 0 radical (unpaired) electrons. The fraction of sp³-hybridized carbons (Fsp3) is 0.194. The Bertz CT molecular complexity index is 1480. The van der Waals surface area contributed by atoms with Gasteiger partial charge in [-0.2, -0.15) is 5.26 Å². The van der Waals surface area contributed by atoms with Gasteiger partial charge in [0, 0.05) is 10.6 Å². The SMILES string of the molecule is CCOc1cc(/C=C2/C(=O)N(Cc3ccc(OC)cc3)C(=O)C(C#N)=C2C)ccc1OCc1ccc(Cl)cc1. The van der Waals surface area contributed by atoms with Gasteiger partial charge in [-0.05, 0) is 78.6 Å². The number of rotatable bonds is 9. The molecule has 0 fully saturated rings. The van der Waals surface area contributed by atoms with E-state index in [-0.39, 0.29) is 17.7 Å². The van der Waals surface area contributed by atoms with Gasteiger partial charge in [0.15, 0.2) is 11.5 Å². The molecule has 0 aliphatic carbocycles. The van der Waals surface area contributed by atoms with Crippen molar-refractivity contribution in [3.05, 3.63) is 105 Å². The van der Waals surface area contributed by atoms with Crippen molar-refractivity contribution in [1.82, 2.24) is 4.90 Å². The van der Waals surface area contributed by atoms with Crippen LogP contribution in [0.1, 0.15) is 30.5 Å². The van der Waals surface area contributed by atoms with E-state index in [1.165, 1.54) is 0 Å². The molecule has 0 aromatic heterocycles. The lowest BCUT2D eigenvalue weighted by molar-refractivity contribution is -0.141. The van der Waals surface area contributed by atoms with Crippen molar-refractivity contribution in [2.24, 2.45) is 0 Å². The van der Waals surface area contributed by atoms with E-state index in [1.807, 2.05) is 25.1 Å². The molecule has 1 aliphatic heterocycles. The molecule has 0 spiro atoms. The number of ether oxygens (including phenoxy) is 3. The van der Waals surface area contributed by atoms with Crippen LogP contribution >= 0.6 is 11.6 Å². The molecule has 7 nitrogen and oxygen atoms in total. The van der Waals surface area contributed by atoms with Crippen LogP contribution in [0.25, 0.3) is 6.08 Å². The molecule has 198 valence electrons. The van der Waals surface area contributed by atoms with Crippen LogP contribution in [-0.2, 0) is 22.7 Å². The van der Waals surface area contributed by atoms with E-state index >= 15 is 0 Å². The Morgan fingerprint density at radius 1 is 0.923 bits per heavy atom. The maximum absolute atomic E-state index is 13.5. The monoisotopic (exact) mass is 542 g/mol. The van der Waals surface area contributed by atoms with Gasteiger partial charge >= 0.3 is 0 Å². The maximum Gasteiger partial charge on any atom is 0.271 e. The standard InChI is InChI=1S/C31H27ClN2O5/c1-4-38-29-16-23(9-14-28(29)39-19-22-5-10-24(32)11-6-22)15-26-20(2)27(17-33)31(36)34(30(26)35)18-21-7-12-25(37-3)13-8-21/h5-16H,4,18-19H2,1-3H3/b26-15+. The maximum atomic E-state index is 13.5. The van der Waals surface area contributed by atoms with E-state index in [1.54, 1.807) is 74.7 Å². The summed E-state index contributed by atoms with van der Waals surface area (Å²) in [6, 6.07) is 21.7. The van der Waals surface area contributed by atoms with Crippen molar-refractivity contribution < 1.29 is 23.8 Å². The van der Waals surface area contributed by atoms with Gasteiger partial charge in [-0.25, -0.2) is 0 Å².